The summed E-state index contributed by atoms with van der Waals surface area (Å²) in [6.07, 6.45) is 2.36. The quantitative estimate of drug-likeness (QED) is 0.698. The molecule has 1 saturated heterocycles. The van der Waals surface area contributed by atoms with Crippen molar-refractivity contribution in [1.29, 1.82) is 0 Å². The number of methoxy groups -OCH3 is 1. The number of Topliss-reactive ketones (excluding diaryl/α,β-unsaturated/α-hetero) is 1. The third-order valence-electron chi connectivity index (χ3n) is 2.83. The van der Waals surface area contributed by atoms with Gasteiger partial charge in [0.15, 0.2) is 0 Å². The lowest BCUT2D eigenvalue weighted by Gasteiger charge is -2.25. The molecule has 4 nitrogen and oxygen atoms in total. The Labute approximate surface area is 91.2 Å². The highest BCUT2D eigenvalue weighted by Crippen LogP contribution is 2.20. The standard InChI is InChI=1S/C11H21NO3/c1-9(13)6-10-4-3-5-12(10)7-11(14)8-15-2/h10-11,14H,3-8H2,1-2H3. The zero-order valence-electron chi connectivity index (χ0n) is 9.61. The van der Waals surface area contributed by atoms with Crippen LogP contribution < -0.4 is 0 Å². The lowest BCUT2D eigenvalue weighted by molar-refractivity contribution is -0.118. The molecule has 2 atom stereocenters. The second-order valence-corrected chi connectivity index (χ2v) is 4.31. The summed E-state index contributed by atoms with van der Waals surface area (Å²) in [4.78, 5) is 13.2. The summed E-state index contributed by atoms with van der Waals surface area (Å²) in [6, 6.07) is 0.328. The SMILES string of the molecule is COCC(O)CN1CCCC1CC(C)=O. The summed E-state index contributed by atoms with van der Waals surface area (Å²) in [6.45, 7) is 3.59. The average molecular weight is 215 g/mol. The van der Waals surface area contributed by atoms with Crippen LogP contribution in [0.25, 0.3) is 0 Å². The van der Waals surface area contributed by atoms with Gasteiger partial charge < -0.3 is 9.84 Å². The number of β-amino-alcohol motifs (C(OH)–C–C–N with tert-alkyl or cyclic N) is 1. The van der Waals surface area contributed by atoms with Crippen molar-refractivity contribution < 1.29 is 14.6 Å². The number of aliphatic hydroxyl groups excluding tert-OH is 1. The van der Waals surface area contributed by atoms with Gasteiger partial charge in [-0.05, 0) is 26.3 Å². The molecule has 0 bridgehead atoms. The van der Waals surface area contributed by atoms with Crippen LogP contribution in [0.3, 0.4) is 0 Å². The van der Waals surface area contributed by atoms with Crippen LogP contribution in [0.4, 0.5) is 0 Å². The molecule has 0 aliphatic carbocycles. The Bertz CT molecular complexity index is 208. The molecule has 0 radical (unpaired) electrons. The first-order valence-corrected chi connectivity index (χ1v) is 5.54. The highest BCUT2D eigenvalue weighted by molar-refractivity contribution is 5.76. The topological polar surface area (TPSA) is 49.8 Å². The number of ketones is 1. The lowest BCUT2D eigenvalue weighted by Crippen LogP contribution is -2.38. The molecule has 0 amide bonds. The van der Waals surface area contributed by atoms with Crippen LogP contribution in [-0.4, -0.2) is 54.7 Å². The summed E-state index contributed by atoms with van der Waals surface area (Å²) in [7, 11) is 1.58. The Morgan fingerprint density at radius 1 is 1.67 bits per heavy atom. The van der Waals surface area contributed by atoms with Crippen molar-refractivity contribution >= 4 is 5.78 Å². The van der Waals surface area contributed by atoms with Crippen molar-refractivity contribution in [2.75, 3.05) is 26.8 Å². The van der Waals surface area contributed by atoms with Gasteiger partial charge in [0.05, 0.1) is 12.7 Å². The van der Waals surface area contributed by atoms with Gasteiger partial charge in [0, 0.05) is 26.1 Å². The third-order valence-corrected chi connectivity index (χ3v) is 2.83. The van der Waals surface area contributed by atoms with Crippen molar-refractivity contribution in [3.05, 3.63) is 0 Å². The fraction of sp³-hybridized carbons (Fsp3) is 0.909. The number of nitrogens with zero attached hydrogens (tertiary/aromatic N) is 1. The van der Waals surface area contributed by atoms with Crippen LogP contribution in [0.15, 0.2) is 0 Å². The fourth-order valence-corrected chi connectivity index (χ4v) is 2.21. The Kier molecular flexibility index (Phi) is 5.22. The summed E-state index contributed by atoms with van der Waals surface area (Å²) >= 11 is 0. The third kappa shape index (κ3) is 4.28. The number of carbonyl (C=O) groups is 1. The van der Waals surface area contributed by atoms with Crippen molar-refractivity contribution in [1.82, 2.24) is 4.90 Å². The summed E-state index contributed by atoms with van der Waals surface area (Å²) in [5, 5.41) is 9.61. The van der Waals surface area contributed by atoms with Gasteiger partial charge >= 0.3 is 0 Å². The fourth-order valence-electron chi connectivity index (χ4n) is 2.21. The molecule has 1 N–H and O–H groups in total. The van der Waals surface area contributed by atoms with Crippen LogP contribution in [0, 0.1) is 0 Å². The molecule has 1 heterocycles. The first kappa shape index (κ1) is 12.6. The van der Waals surface area contributed by atoms with Crippen LogP contribution in [0.2, 0.25) is 0 Å². The molecule has 4 heteroatoms. The Balaban J connectivity index is 2.35. The minimum absolute atomic E-state index is 0.230. The van der Waals surface area contributed by atoms with E-state index in [2.05, 4.69) is 4.90 Å². The summed E-state index contributed by atoms with van der Waals surface area (Å²) in [5.74, 6) is 0.230. The number of likely N-dealkylation sites (tertiary alicyclic amines) is 1. The smallest absolute Gasteiger partial charge is 0.131 e. The van der Waals surface area contributed by atoms with Crippen LogP contribution in [-0.2, 0) is 9.53 Å². The number of rotatable bonds is 6. The van der Waals surface area contributed by atoms with Gasteiger partial charge in [-0.3, -0.25) is 9.69 Å². The van der Waals surface area contributed by atoms with Crippen molar-refractivity contribution in [3.63, 3.8) is 0 Å². The van der Waals surface area contributed by atoms with Gasteiger partial charge in [0.2, 0.25) is 0 Å². The predicted octanol–water partition coefficient (Wildman–Crippen LogP) is 0.437. The van der Waals surface area contributed by atoms with Crippen molar-refractivity contribution in [3.8, 4) is 0 Å². The minimum atomic E-state index is -0.442. The molecular formula is C11H21NO3. The van der Waals surface area contributed by atoms with Gasteiger partial charge in [0.1, 0.15) is 5.78 Å². The van der Waals surface area contributed by atoms with Crippen LogP contribution >= 0.6 is 0 Å². The van der Waals surface area contributed by atoms with Crippen molar-refractivity contribution in [2.45, 2.75) is 38.3 Å². The van der Waals surface area contributed by atoms with E-state index in [0.717, 1.165) is 19.4 Å². The number of aliphatic hydroxyl groups is 1. The molecule has 2 unspecified atom stereocenters. The number of carbonyl (C=O) groups excluding carboxylic acids is 1. The molecule has 88 valence electrons. The molecule has 0 saturated carbocycles. The second kappa shape index (κ2) is 6.20. The van der Waals surface area contributed by atoms with E-state index in [1.165, 1.54) is 0 Å². The van der Waals surface area contributed by atoms with Crippen LogP contribution in [0.1, 0.15) is 26.2 Å². The number of ether oxygens (including phenoxy) is 1. The average Bonchev–Trinajstić information content (AvgIpc) is 2.52. The largest absolute Gasteiger partial charge is 0.389 e. The van der Waals surface area contributed by atoms with E-state index in [-0.39, 0.29) is 5.78 Å². The molecule has 15 heavy (non-hydrogen) atoms. The van der Waals surface area contributed by atoms with E-state index in [1.807, 2.05) is 0 Å². The Morgan fingerprint density at radius 3 is 3.00 bits per heavy atom. The highest BCUT2D eigenvalue weighted by Gasteiger charge is 2.26. The van der Waals surface area contributed by atoms with E-state index in [1.54, 1.807) is 14.0 Å². The number of hydrogen-bond acceptors (Lipinski definition) is 4. The molecule has 1 aliphatic heterocycles. The first-order valence-electron chi connectivity index (χ1n) is 5.54. The van der Waals surface area contributed by atoms with Gasteiger partial charge in [-0.2, -0.15) is 0 Å². The molecule has 1 aliphatic rings. The summed E-state index contributed by atoms with van der Waals surface area (Å²) in [5.41, 5.74) is 0. The van der Waals surface area contributed by atoms with Gasteiger partial charge in [-0.15, -0.1) is 0 Å². The second-order valence-electron chi connectivity index (χ2n) is 4.31. The zero-order valence-corrected chi connectivity index (χ0v) is 9.61. The molecule has 1 fully saturated rings. The predicted molar refractivity (Wildman–Crippen MR) is 57.8 cm³/mol. The zero-order chi connectivity index (χ0) is 11.3. The minimum Gasteiger partial charge on any atom is -0.389 e. The molecule has 0 aromatic heterocycles. The lowest BCUT2D eigenvalue weighted by atomic mass is 10.1. The molecular weight excluding hydrogens is 194 g/mol. The molecule has 1 rings (SSSR count). The van der Waals surface area contributed by atoms with Gasteiger partial charge in [-0.25, -0.2) is 0 Å². The normalized spacial score (nSPS) is 24.3. The van der Waals surface area contributed by atoms with E-state index < -0.39 is 6.10 Å². The summed E-state index contributed by atoms with van der Waals surface area (Å²) < 4.78 is 4.89. The maximum atomic E-state index is 11.0. The molecule has 0 spiro atoms. The van der Waals surface area contributed by atoms with E-state index in [0.29, 0.717) is 25.6 Å². The molecule has 0 aromatic rings. The van der Waals surface area contributed by atoms with E-state index in [9.17, 15) is 9.90 Å². The first-order chi connectivity index (χ1) is 7.13. The number of hydrogen-bond donors (Lipinski definition) is 1. The van der Waals surface area contributed by atoms with E-state index >= 15 is 0 Å². The van der Waals surface area contributed by atoms with Crippen molar-refractivity contribution in [2.24, 2.45) is 0 Å². The van der Waals surface area contributed by atoms with E-state index in [4.69, 9.17) is 4.74 Å². The Hall–Kier alpha value is -0.450. The monoisotopic (exact) mass is 215 g/mol. The van der Waals surface area contributed by atoms with Gasteiger partial charge in [0.25, 0.3) is 0 Å². The van der Waals surface area contributed by atoms with Gasteiger partial charge in [-0.1, -0.05) is 0 Å². The molecule has 0 aromatic carbocycles. The maximum absolute atomic E-state index is 11.0. The Morgan fingerprint density at radius 2 is 2.40 bits per heavy atom. The highest BCUT2D eigenvalue weighted by atomic mass is 16.5. The van der Waals surface area contributed by atoms with Crippen LogP contribution in [0.5, 0.6) is 0 Å². The maximum Gasteiger partial charge on any atom is 0.131 e.